The van der Waals surface area contributed by atoms with E-state index in [0.717, 1.165) is 10.6 Å². The summed E-state index contributed by atoms with van der Waals surface area (Å²) in [6.07, 6.45) is 0. The van der Waals surface area contributed by atoms with E-state index in [1.54, 1.807) is 24.3 Å². The van der Waals surface area contributed by atoms with Gasteiger partial charge in [0.15, 0.2) is 0 Å². The molecule has 0 aliphatic heterocycles. The molecule has 2 rings (SSSR count). The van der Waals surface area contributed by atoms with Gasteiger partial charge in [0, 0.05) is 22.2 Å². The normalized spacial score (nSPS) is 10.5. The van der Waals surface area contributed by atoms with Crippen LogP contribution in [0.4, 0.5) is 11.4 Å². The van der Waals surface area contributed by atoms with E-state index in [1.165, 1.54) is 11.8 Å². The number of rotatable bonds is 8. The van der Waals surface area contributed by atoms with Crippen LogP contribution in [-0.2, 0) is 9.59 Å². The molecule has 0 atom stereocenters. The Kier molecular flexibility index (Phi) is 7.53. The van der Waals surface area contributed by atoms with Crippen molar-refractivity contribution in [3.05, 3.63) is 48.5 Å². The Morgan fingerprint density at radius 2 is 1.54 bits per heavy atom. The van der Waals surface area contributed by atoms with E-state index in [9.17, 15) is 9.59 Å². The number of anilines is 2. The topological polar surface area (TPSA) is 67.4 Å². The number of amides is 2. The third-order valence-corrected chi connectivity index (χ3v) is 4.48. The molecule has 0 heterocycles. The molecule has 0 aromatic heterocycles. The third-order valence-electron chi connectivity index (χ3n) is 3.47. The lowest BCUT2D eigenvalue weighted by atomic mass is 10.2. The Balaban J connectivity index is 1.81. The molecule has 0 aliphatic carbocycles. The van der Waals surface area contributed by atoms with Crippen LogP contribution in [0, 0.1) is 5.92 Å². The van der Waals surface area contributed by atoms with Gasteiger partial charge in [0.2, 0.25) is 11.8 Å². The summed E-state index contributed by atoms with van der Waals surface area (Å²) in [5, 5.41) is 5.67. The van der Waals surface area contributed by atoms with E-state index in [4.69, 9.17) is 4.74 Å². The number of thioether (sulfide) groups is 1. The highest BCUT2D eigenvalue weighted by Gasteiger charge is 2.08. The molecule has 2 aromatic carbocycles. The molecule has 0 aliphatic rings. The second kappa shape index (κ2) is 9.87. The second-order valence-electron chi connectivity index (χ2n) is 5.96. The minimum absolute atomic E-state index is 0.0338. The van der Waals surface area contributed by atoms with Crippen molar-refractivity contribution < 1.29 is 14.3 Å². The van der Waals surface area contributed by atoms with Gasteiger partial charge < -0.3 is 15.4 Å². The first kappa shape index (κ1) is 19.8. The van der Waals surface area contributed by atoms with Gasteiger partial charge in [-0.1, -0.05) is 13.8 Å². The van der Waals surface area contributed by atoms with Crippen molar-refractivity contribution in [2.24, 2.45) is 5.92 Å². The molecule has 5 nitrogen and oxygen atoms in total. The highest BCUT2D eigenvalue weighted by molar-refractivity contribution is 8.00. The van der Waals surface area contributed by atoms with Crippen LogP contribution in [0.2, 0.25) is 0 Å². The number of carbonyl (C=O) groups is 2. The van der Waals surface area contributed by atoms with Crippen LogP contribution in [0.3, 0.4) is 0 Å². The lowest BCUT2D eigenvalue weighted by molar-refractivity contribution is -0.119. The minimum Gasteiger partial charge on any atom is -0.494 e. The van der Waals surface area contributed by atoms with E-state index in [-0.39, 0.29) is 17.7 Å². The number of carbonyl (C=O) groups excluding carboxylic acids is 2. The van der Waals surface area contributed by atoms with Crippen LogP contribution >= 0.6 is 11.8 Å². The highest BCUT2D eigenvalue weighted by atomic mass is 32.2. The largest absolute Gasteiger partial charge is 0.494 e. The molecule has 0 unspecified atom stereocenters. The molecule has 6 heteroatoms. The lowest BCUT2D eigenvalue weighted by Gasteiger charge is -2.09. The van der Waals surface area contributed by atoms with Gasteiger partial charge in [-0.15, -0.1) is 11.8 Å². The number of nitrogens with one attached hydrogen (secondary N) is 2. The number of hydrogen-bond donors (Lipinski definition) is 2. The standard InChI is InChI=1S/C20H24N2O3S/c1-4-25-17-9-11-18(12-10-17)26-13-19(23)21-15-5-7-16(8-6-15)22-20(24)14(2)3/h5-12,14H,4,13H2,1-3H3,(H,21,23)(H,22,24). The molecule has 0 bridgehead atoms. The fourth-order valence-electron chi connectivity index (χ4n) is 2.07. The second-order valence-corrected chi connectivity index (χ2v) is 7.01. The predicted molar refractivity (Wildman–Crippen MR) is 107 cm³/mol. The fourth-order valence-corrected chi connectivity index (χ4v) is 2.77. The third kappa shape index (κ3) is 6.44. The van der Waals surface area contributed by atoms with E-state index in [0.29, 0.717) is 23.7 Å². The molecule has 138 valence electrons. The molecule has 0 spiro atoms. The van der Waals surface area contributed by atoms with Crippen molar-refractivity contribution in [1.82, 2.24) is 0 Å². The molecule has 0 saturated heterocycles. The van der Waals surface area contributed by atoms with Crippen molar-refractivity contribution in [2.45, 2.75) is 25.7 Å². The van der Waals surface area contributed by atoms with Crippen LogP contribution in [-0.4, -0.2) is 24.2 Å². The summed E-state index contributed by atoms with van der Waals surface area (Å²) in [5.74, 6) is 0.955. The summed E-state index contributed by atoms with van der Waals surface area (Å²) in [5.41, 5.74) is 1.41. The summed E-state index contributed by atoms with van der Waals surface area (Å²) < 4.78 is 5.40. The smallest absolute Gasteiger partial charge is 0.234 e. The van der Waals surface area contributed by atoms with Gasteiger partial charge in [-0.25, -0.2) is 0 Å². The van der Waals surface area contributed by atoms with Crippen molar-refractivity contribution in [2.75, 3.05) is 23.0 Å². The summed E-state index contributed by atoms with van der Waals surface area (Å²) in [6, 6.07) is 14.8. The molecule has 0 radical (unpaired) electrons. The summed E-state index contributed by atoms with van der Waals surface area (Å²) >= 11 is 1.46. The first-order valence-electron chi connectivity index (χ1n) is 8.54. The van der Waals surface area contributed by atoms with Crippen LogP contribution in [0.1, 0.15) is 20.8 Å². The molecule has 2 aromatic rings. The van der Waals surface area contributed by atoms with Gasteiger partial charge in [-0.05, 0) is 55.5 Å². The Morgan fingerprint density at radius 3 is 2.08 bits per heavy atom. The highest BCUT2D eigenvalue weighted by Crippen LogP contribution is 2.22. The molecule has 2 amide bonds. The van der Waals surface area contributed by atoms with E-state index in [2.05, 4.69) is 10.6 Å². The average Bonchev–Trinajstić information content (AvgIpc) is 2.63. The van der Waals surface area contributed by atoms with E-state index >= 15 is 0 Å². The monoisotopic (exact) mass is 372 g/mol. The molecule has 2 N–H and O–H groups in total. The van der Waals surface area contributed by atoms with E-state index < -0.39 is 0 Å². The maximum Gasteiger partial charge on any atom is 0.234 e. The Labute approximate surface area is 158 Å². The van der Waals surface area contributed by atoms with Gasteiger partial charge in [-0.2, -0.15) is 0 Å². The van der Waals surface area contributed by atoms with E-state index in [1.807, 2.05) is 45.0 Å². The zero-order valence-corrected chi connectivity index (χ0v) is 16.1. The maximum absolute atomic E-state index is 12.1. The van der Waals surface area contributed by atoms with Gasteiger partial charge in [0.1, 0.15) is 5.75 Å². The summed E-state index contributed by atoms with van der Waals surface area (Å²) in [4.78, 5) is 24.8. The van der Waals surface area contributed by atoms with Gasteiger partial charge >= 0.3 is 0 Å². The van der Waals surface area contributed by atoms with Crippen molar-refractivity contribution in [3.8, 4) is 5.75 Å². The van der Waals surface area contributed by atoms with Crippen molar-refractivity contribution in [3.63, 3.8) is 0 Å². The summed E-state index contributed by atoms with van der Waals surface area (Å²) in [7, 11) is 0. The lowest BCUT2D eigenvalue weighted by Crippen LogP contribution is -2.18. The SMILES string of the molecule is CCOc1ccc(SCC(=O)Nc2ccc(NC(=O)C(C)C)cc2)cc1. The van der Waals surface area contributed by atoms with Crippen molar-refractivity contribution in [1.29, 1.82) is 0 Å². The van der Waals surface area contributed by atoms with Crippen LogP contribution in [0.5, 0.6) is 5.75 Å². The quantitative estimate of drug-likeness (QED) is 0.674. The molecule has 26 heavy (non-hydrogen) atoms. The Hall–Kier alpha value is -2.47. The molecule has 0 fully saturated rings. The minimum atomic E-state index is -0.0807. The van der Waals surface area contributed by atoms with Gasteiger partial charge in [-0.3, -0.25) is 9.59 Å². The first-order chi connectivity index (χ1) is 12.5. The predicted octanol–water partition coefficient (Wildman–Crippen LogP) is 4.41. The molecule has 0 saturated carbocycles. The first-order valence-corrected chi connectivity index (χ1v) is 9.53. The van der Waals surface area contributed by atoms with Crippen molar-refractivity contribution >= 4 is 35.0 Å². The number of ether oxygens (including phenoxy) is 1. The maximum atomic E-state index is 12.1. The van der Waals surface area contributed by atoms with Gasteiger partial charge in [0.05, 0.1) is 12.4 Å². The average molecular weight is 372 g/mol. The zero-order valence-electron chi connectivity index (χ0n) is 15.2. The van der Waals surface area contributed by atoms with Crippen LogP contribution < -0.4 is 15.4 Å². The van der Waals surface area contributed by atoms with Crippen LogP contribution in [0.25, 0.3) is 0 Å². The van der Waals surface area contributed by atoms with Crippen LogP contribution in [0.15, 0.2) is 53.4 Å². The Morgan fingerprint density at radius 1 is 0.962 bits per heavy atom. The fraction of sp³-hybridized carbons (Fsp3) is 0.300. The number of benzene rings is 2. The van der Waals surface area contributed by atoms with Gasteiger partial charge in [0.25, 0.3) is 0 Å². The molecular formula is C20H24N2O3S. The number of hydrogen-bond acceptors (Lipinski definition) is 4. The molecular weight excluding hydrogens is 348 g/mol. The Bertz CT molecular complexity index is 728. The zero-order chi connectivity index (χ0) is 18.9. The summed E-state index contributed by atoms with van der Waals surface area (Å²) in [6.45, 7) is 6.25.